The molecule has 2 aromatic carbocycles. The molecule has 2 rings (SSSR count). The summed E-state index contributed by atoms with van der Waals surface area (Å²) in [7, 11) is 0. The largest absolute Gasteiger partial charge is 0.278 e. The third kappa shape index (κ3) is 3.11. The van der Waals surface area contributed by atoms with E-state index in [-0.39, 0.29) is 27.6 Å². The smallest absolute Gasteiger partial charge is 0.258 e. The van der Waals surface area contributed by atoms with Gasteiger partial charge in [0.1, 0.15) is 17.5 Å². The third-order valence-corrected chi connectivity index (χ3v) is 3.71. The second kappa shape index (κ2) is 5.91. The molecule has 0 saturated carbocycles. The lowest BCUT2D eigenvalue weighted by atomic mass is 10.0. The minimum Gasteiger partial charge on any atom is -0.258 e. The third-order valence-electron chi connectivity index (χ3n) is 2.82. The highest BCUT2D eigenvalue weighted by molar-refractivity contribution is 6.42. The number of nitrogens with zero attached hydrogens (tertiary/aromatic N) is 1. The van der Waals surface area contributed by atoms with E-state index in [9.17, 15) is 23.3 Å². The minimum atomic E-state index is -1.08. The average molecular weight is 336 g/mol. The Morgan fingerprint density at radius 2 is 1.71 bits per heavy atom. The SMILES string of the molecule is O=[N+]([O-])c1cc(F)cc(F)c1Cc1ccc(F)c(Cl)c1Cl. The minimum absolute atomic E-state index is 0.172. The van der Waals surface area contributed by atoms with Gasteiger partial charge in [-0.3, -0.25) is 10.1 Å². The predicted octanol–water partition coefficient (Wildman–Crippen LogP) is 4.91. The summed E-state index contributed by atoms with van der Waals surface area (Å²) in [6.45, 7) is 0. The number of nitro benzene ring substituents is 1. The molecule has 0 aliphatic carbocycles. The van der Waals surface area contributed by atoms with Gasteiger partial charge in [-0.15, -0.1) is 0 Å². The van der Waals surface area contributed by atoms with Crippen LogP contribution in [-0.2, 0) is 6.42 Å². The quantitative estimate of drug-likeness (QED) is 0.454. The normalized spacial score (nSPS) is 10.7. The summed E-state index contributed by atoms with van der Waals surface area (Å²) in [6.07, 6.45) is -0.318. The fourth-order valence-corrected chi connectivity index (χ4v) is 2.23. The molecule has 2 aromatic rings. The van der Waals surface area contributed by atoms with Gasteiger partial charge in [-0.05, 0) is 11.6 Å². The van der Waals surface area contributed by atoms with Crippen LogP contribution in [0.3, 0.4) is 0 Å². The van der Waals surface area contributed by atoms with Crippen molar-refractivity contribution in [2.24, 2.45) is 0 Å². The Morgan fingerprint density at radius 1 is 1.05 bits per heavy atom. The zero-order chi connectivity index (χ0) is 15.7. The number of hydrogen-bond acceptors (Lipinski definition) is 2. The van der Waals surface area contributed by atoms with Gasteiger partial charge >= 0.3 is 0 Å². The first-order valence-electron chi connectivity index (χ1n) is 5.56. The molecule has 0 N–H and O–H groups in total. The Balaban J connectivity index is 2.54. The highest BCUT2D eigenvalue weighted by atomic mass is 35.5. The average Bonchev–Trinajstić information content (AvgIpc) is 2.41. The molecular formula is C13H6Cl2F3NO2. The van der Waals surface area contributed by atoms with Crippen molar-refractivity contribution in [3.05, 3.63) is 73.0 Å². The summed E-state index contributed by atoms with van der Waals surface area (Å²) in [5.41, 5.74) is -0.883. The van der Waals surface area contributed by atoms with Gasteiger partial charge in [-0.1, -0.05) is 29.3 Å². The number of benzene rings is 2. The summed E-state index contributed by atoms with van der Waals surface area (Å²) in [6, 6.07) is 3.38. The summed E-state index contributed by atoms with van der Waals surface area (Å²) < 4.78 is 40.0. The van der Waals surface area contributed by atoms with Gasteiger partial charge in [0.15, 0.2) is 0 Å². The van der Waals surface area contributed by atoms with E-state index in [0.29, 0.717) is 12.1 Å². The van der Waals surface area contributed by atoms with Crippen LogP contribution in [-0.4, -0.2) is 4.92 Å². The molecule has 0 fully saturated rings. The van der Waals surface area contributed by atoms with Crippen molar-refractivity contribution < 1.29 is 18.1 Å². The molecule has 21 heavy (non-hydrogen) atoms. The van der Waals surface area contributed by atoms with Gasteiger partial charge < -0.3 is 0 Å². The summed E-state index contributed by atoms with van der Waals surface area (Å²) in [5, 5.41) is 10.3. The first kappa shape index (κ1) is 15.6. The predicted molar refractivity (Wildman–Crippen MR) is 72.2 cm³/mol. The van der Waals surface area contributed by atoms with Crippen LogP contribution >= 0.6 is 23.2 Å². The van der Waals surface area contributed by atoms with Gasteiger partial charge in [0, 0.05) is 12.5 Å². The van der Waals surface area contributed by atoms with Crippen LogP contribution in [0.15, 0.2) is 24.3 Å². The van der Waals surface area contributed by atoms with E-state index in [0.717, 1.165) is 6.07 Å². The van der Waals surface area contributed by atoms with Crippen molar-refractivity contribution in [3.8, 4) is 0 Å². The maximum absolute atomic E-state index is 13.8. The molecule has 0 heterocycles. The molecule has 110 valence electrons. The van der Waals surface area contributed by atoms with Crippen LogP contribution in [0.25, 0.3) is 0 Å². The standard InChI is InChI=1S/C13H6Cl2F3NO2/c14-12-6(1-2-9(17)13(12)15)3-8-10(18)4-7(16)5-11(8)19(20)21/h1-2,4-5H,3H2. The van der Waals surface area contributed by atoms with Crippen molar-refractivity contribution in [2.45, 2.75) is 6.42 Å². The van der Waals surface area contributed by atoms with Crippen molar-refractivity contribution in [1.82, 2.24) is 0 Å². The Hall–Kier alpha value is -1.79. The lowest BCUT2D eigenvalue weighted by Crippen LogP contribution is -2.02. The Morgan fingerprint density at radius 3 is 2.33 bits per heavy atom. The topological polar surface area (TPSA) is 43.1 Å². The second-order valence-corrected chi connectivity index (χ2v) is 4.91. The molecule has 0 aromatic heterocycles. The molecule has 0 atom stereocenters. The second-order valence-electron chi connectivity index (χ2n) is 4.15. The van der Waals surface area contributed by atoms with Crippen molar-refractivity contribution in [1.29, 1.82) is 0 Å². The van der Waals surface area contributed by atoms with E-state index in [1.54, 1.807) is 0 Å². The first-order valence-corrected chi connectivity index (χ1v) is 6.31. The summed E-state index contributed by atoms with van der Waals surface area (Å²) >= 11 is 11.4. The molecule has 0 amide bonds. The monoisotopic (exact) mass is 335 g/mol. The number of hydrogen-bond donors (Lipinski definition) is 0. The lowest BCUT2D eigenvalue weighted by molar-refractivity contribution is -0.385. The van der Waals surface area contributed by atoms with E-state index in [1.807, 2.05) is 0 Å². The Kier molecular flexibility index (Phi) is 4.39. The summed E-state index contributed by atoms with van der Waals surface area (Å²) in [4.78, 5) is 9.97. The van der Waals surface area contributed by atoms with Crippen molar-refractivity contribution in [3.63, 3.8) is 0 Å². The zero-order valence-corrected chi connectivity index (χ0v) is 11.7. The molecule has 0 bridgehead atoms. The molecule has 0 unspecified atom stereocenters. The highest BCUT2D eigenvalue weighted by Gasteiger charge is 2.22. The maximum atomic E-state index is 13.8. The molecule has 8 heteroatoms. The van der Waals surface area contributed by atoms with Gasteiger partial charge in [0.25, 0.3) is 5.69 Å². The van der Waals surface area contributed by atoms with E-state index >= 15 is 0 Å². The van der Waals surface area contributed by atoms with E-state index in [2.05, 4.69) is 0 Å². The summed E-state index contributed by atoms with van der Waals surface area (Å²) in [5.74, 6) is -2.91. The molecule has 0 spiro atoms. The molecule has 3 nitrogen and oxygen atoms in total. The molecule has 0 saturated heterocycles. The van der Waals surface area contributed by atoms with Crippen molar-refractivity contribution >= 4 is 28.9 Å². The molecular weight excluding hydrogens is 330 g/mol. The molecule has 0 radical (unpaired) electrons. The zero-order valence-electron chi connectivity index (χ0n) is 10.2. The molecule has 0 aliphatic rings. The highest BCUT2D eigenvalue weighted by Crippen LogP contribution is 2.33. The Labute approximate surface area is 127 Å². The fourth-order valence-electron chi connectivity index (χ4n) is 1.82. The van der Waals surface area contributed by atoms with Crippen LogP contribution < -0.4 is 0 Å². The number of halogens is 5. The van der Waals surface area contributed by atoms with Crippen LogP contribution in [0.1, 0.15) is 11.1 Å². The fraction of sp³-hybridized carbons (Fsp3) is 0.0769. The van der Waals surface area contributed by atoms with Crippen LogP contribution in [0.5, 0.6) is 0 Å². The first-order chi connectivity index (χ1) is 9.81. The van der Waals surface area contributed by atoms with Crippen LogP contribution in [0.4, 0.5) is 18.9 Å². The number of rotatable bonds is 3. The van der Waals surface area contributed by atoms with E-state index in [1.165, 1.54) is 6.07 Å². The van der Waals surface area contributed by atoms with E-state index < -0.39 is 28.1 Å². The number of nitro groups is 1. The Bertz CT molecular complexity index is 738. The van der Waals surface area contributed by atoms with Crippen molar-refractivity contribution in [2.75, 3.05) is 0 Å². The van der Waals surface area contributed by atoms with Crippen LogP contribution in [0.2, 0.25) is 10.0 Å². The van der Waals surface area contributed by atoms with Gasteiger partial charge in [-0.2, -0.15) is 0 Å². The lowest BCUT2D eigenvalue weighted by Gasteiger charge is -2.08. The van der Waals surface area contributed by atoms with E-state index in [4.69, 9.17) is 23.2 Å². The van der Waals surface area contributed by atoms with Crippen LogP contribution in [0, 0.1) is 27.6 Å². The van der Waals surface area contributed by atoms with Gasteiger partial charge in [0.2, 0.25) is 0 Å². The maximum Gasteiger partial charge on any atom is 0.278 e. The molecule has 0 aliphatic heterocycles. The van der Waals surface area contributed by atoms with Gasteiger partial charge in [0.05, 0.1) is 26.6 Å². The van der Waals surface area contributed by atoms with Gasteiger partial charge in [-0.25, -0.2) is 13.2 Å².